The molecule has 4 rings (SSSR count). The minimum atomic E-state index is -0.263. The van der Waals surface area contributed by atoms with E-state index in [9.17, 15) is 9.18 Å². The fourth-order valence-electron chi connectivity index (χ4n) is 3.20. The number of nitrogens with zero attached hydrogens (tertiary/aromatic N) is 3. The molecule has 2 N–H and O–H groups in total. The van der Waals surface area contributed by atoms with E-state index < -0.39 is 0 Å². The highest BCUT2D eigenvalue weighted by atomic mass is 32.1. The summed E-state index contributed by atoms with van der Waals surface area (Å²) in [4.78, 5) is 18.2. The minimum Gasteiger partial charge on any atom is -0.300 e. The van der Waals surface area contributed by atoms with Gasteiger partial charge in [-0.15, -0.1) is 11.3 Å². The van der Waals surface area contributed by atoms with Crippen molar-refractivity contribution in [1.82, 2.24) is 19.7 Å². The zero-order chi connectivity index (χ0) is 22.0. The van der Waals surface area contributed by atoms with Gasteiger partial charge in [-0.2, -0.15) is 5.10 Å². The molecule has 0 spiro atoms. The van der Waals surface area contributed by atoms with Crippen molar-refractivity contribution in [1.29, 1.82) is 0 Å². The van der Waals surface area contributed by atoms with Gasteiger partial charge < -0.3 is 5.32 Å². The van der Waals surface area contributed by atoms with E-state index in [1.165, 1.54) is 23.5 Å². The van der Waals surface area contributed by atoms with Crippen LogP contribution in [0, 0.1) is 24.4 Å². The fourth-order valence-corrected chi connectivity index (χ4v) is 4.41. The number of thiazole rings is 1. The van der Waals surface area contributed by atoms with Gasteiger partial charge in [0.15, 0.2) is 15.7 Å². The number of amides is 1. The summed E-state index contributed by atoms with van der Waals surface area (Å²) < 4.78 is 15.2. The molecule has 2 aromatic heterocycles. The highest BCUT2D eigenvalue weighted by Crippen LogP contribution is 2.26. The number of hydrogen-bond acceptors (Lipinski definition) is 5. The van der Waals surface area contributed by atoms with Gasteiger partial charge in [0.25, 0.3) is 0 Å². The minimum absolute atomic E-state index is 0.0184. The van der Waals surface area contributed by atoms with Crippen molar-refractivity contribution in [2.45, 2.75) is 26.8 Å². The maximum atomic E-state index is 13.1. The van der Waals surface area contributed by atoms with Crippen LogP contribution in [0.25, 0.3) is 11.4 Å². The van der Waals surface area contributed by atoms with Crippen molar-refractivity contribution in [3.05, 3.63) is 80.8 Å². The largest absolute Gasteiger partial charge is 0.300 e. The van der Waals surface area contributed by atoms with E-state index in [0.717, 1.165) is 27.3 Å². The third-order valence-corrected chi connectivity index (χ3v) is 6.14. The molecule has 0 radical (unpaired) electrons. The molecule has 2 heterocycles. The predicted octanol–water partition coefficient (Wildman–Crippen LogP) is 5.05. The smallest absolute Gasteiger partial charge is 0.246 e. The van der Waals surface area contributed by atoms with Crippen LogP contribution in [0.5, 0.6) is 0 Å². The molecule has 31 heavy (non-hydrogen) atoms. The molecule has 0 unspecified atom stereocenters. The fraction of sp³-hybridized carbons (Fsp3) is 0.182. The number of carbonyl (C=O) groups is 1. The number of anilines is 1. The molecule has 4 aromatic rings. The van der Waals surface area contributed by atoms with E-state index >= 15 is 0 Å². The molecule has 0 saturated heterocycles. The summed E-state index contributed by atoms with van der Waals surface area (Å²) in [5.41, 5.74) is 3.80. The van der Waals surface area contributed by atoms with Crippen LogP contribution in [0.1, 0.15) is 21.7 Å². The SMILES string of the molecule is Cc1cccc(-c2n[nH]c(=S)n2CC(=O)Nc2nc(C)c(Cc3ccc(F)cc3)s2)c1. The van der Waals surface area contributed by atoms with E-state index in [-0.39, 0.29) is 18.3 Å². The Morgan fingerprint density at radius 1 is 1.23 bits per heavy atom. The van der Waals surface area contributed by atoms with Crippen molar-refractivity contribution >= 4 is 34.6 Å². The van der Waals surface area contributed by atoms with Gasteiger partial charge in [0.05, 0.1) is 5.69 Å². The summed E-state index contributed by atoms with van der Waals surface area (Å²) in [6.07, 6.45) is 0.629. The number of halogens is 1. The first-order chi connectivity index (χ1) is 14.9. The molecule has 0 saturated carbocycles. The Bertz CT molecular complexity index is 1290. The van der Waals surface area contributed by atoms with Crippen LogP contribution in [0.4, 0.5) is 9.52 Å². The maximum absolute atomic E-state index is 13.1. The van der Waals surface area contributed by atoms with Crippen molar-refractivity contribution < 1.29 is 9.18 Å². The first-order valence-electron chi connectivity index (χ1n) is 9.62. The molecule has 1 amide bonds. The van der Waals surface area contributed by atoms with Crippen molar-refractivity contribution in [2.24, 2.45) is 0 Å². The van der Waals surface area contributed by atoms with Crippen molar-refractivity contribution in [3.63, 3.8) is 0 Å². The van der Waals surface area contributed by atoms with E-state index in [0.29, 0.717) is 22.1 Å². The van der Waals surface area contributed by atoms with Crippen molar-refractivity contribution in [2.75, 3.05) is 5.32 Å². The molecule has 0 aliphatic heterocycles. The third-order valence-electron chi connectivity index (χ3n) is 4.75. The average molecular weight is 454 g/mol. The van der Waals surface area contributed by atoms with Gasteiger partial charge in [-0.1, -0.05) is 35.9 Å². The zero-order valence-corrected chi connectivity index (χ0v) is 18.6. The molecule has 0 aliphatic rings. The molecule has 2 aromatic carbocycles. The second-order valence-electron chi connectivity index (χ2n) is 7.19. The number of carbonyl (C=O) groups excluding carboxylic acids is 1. The molecule has 158 valence electrons. The monoisotopic (exact) mass is 453 g/mol. The van der Waals surface area contributed by atoms with Gasteiger partial charge in [-0.3, -0.25) is 14.5 Å². The maximum Gasteiger partial charge on any atom is 0.246 e. The van der Waals surface area contributed by atoms with Crippen LogP contribution >= 0.6 is 23.6 Å². The zero-order valence-electron chi connectivity index (χ0n) is 17.0. The summed E-state index contributed by atoms with van der Waals surface area (Å²) in [6.45, 7) is 3.91. The number of aromatic nitrogens is 4. The van der Waals surface area contributed by atoms with E-state index in [1.807, 2.05) is 38.1 Å². The normalized spacial score (nSPS) is 10.9. The molecule has 0 aliphatic carbocycles. The Labute approximate surface area is 187 Å². The Kier molecular flexibility index (Phi) is 6.06. The van der Waals surface area contributed by atoms with Crippen LogP contribution in [0.2, 0.25) is 0 Å². The molecule has 6 nitrogen and oxygen atoms in total. The highest BCUT2D eigenvalue weighted by molar-refractivity contribution is 7.71. The summed E-state index contributed by atoms with van der Waals surface area (Å²) in [6, 6.07) is 14.2. The van der Waals surface area contributed by atoms with Gasteiger partial charge in [-0.05, 0) is 49.8 Å². The van der Waals surface area contributed by atoms with Gasteiger partial charge in [-0.25, -0.2) is 9.37 Å². The lowest BCUT2D eigenvalue weighted by atomic mass is 10.1. The van der Waals surface area contributed by atoms with E-state index in [4.69, 9.17) is 12.2 Å². The van der Waals surface area contributed by atoms with Gasteiger partial charge in [0.2, 0.25) is 5.91 Å². The lowest BCUT2D eigenvalue weighted by Gasteiger charge is -2.07. The quantitative estimate of drug-likeness (QED) is 0.401. The number of hydrogen-bond donors (Lipinski definition) is 2. The second-order valence-corrected chi connectivity index (χ2v) is 8.66. The summed E-state index contributed by atoms with van der Waals surface area (Å²) in [7, 11) is 0. The van der Waals surface area contributed by atoms with E-state index in [2.05, 4.69) is 20.5 Å². The van der Waals surface area contributed by atoms with Gasteiger partial charge >= 0.3 is 0 Å². The topological polar surface area (TPSA) is 75.6 Å². The van der Waals surface area contributed by atoms with Gasteiger partial charge in [0.1, 0.15) is 12.4 Å². The average Bonchev–Trinajstić information content (AvgIpc) is 3.26. The third kappa shape index (κ3) is 4.95. The highest BCUT2D eigenvalue weighted by Gasteiger charge is 2.15. The second kappa shape index (κ2) is 8.91. The lowest BCUT2D eigenvalue weighted by Crippen LogP contribution is -2.19. The van der Waals surface area contributed by atoms with Crippen LogP contribution < -0.4 is 5.32 Å². The number of aromatic amines is 1. The first-order valence-corrected chi connectivity index (χ1v) is 10.8. The van der Waals surface area contributed by atoms with Crippen LogP contribution in [0.15, 0.2) is 48.5 Å². The Hall–Kier alpha value is -3.17. The molecular weight excluding hydrogens is 433 g/mol. The molecule has 0 bridgehead atoms. The van der Waals surface area contributed by atoms with Crippen LogP contribution in [-0.4, -0.2) is 25.7 Å². The standard InChI is InChI=1S/C22H20FN5OS2/c1-13-4-3-5-16(10-13)20-26-27-22(30)28(20)12-19(29)25-21-24-14(2)18(31-21)11-15-6-8-17(23)9-7-15/h3-10H,11-12H2,1-2H3,(H,27,30)(H,24,25,29). The van der Waals surface area contributed by atoms with Crippen molar-refractivity contribution in [3.8, 4) is 11.4 Å². The van der Waals surface area contributed by atoms with Crippen LogP contribution in [0.3, 0.4) is 0 Å². The lowest BCUT2D eigenvalue weighted by molar-refractivity contribution is -0.116. The number of aryl methyl sites for hydroxylation is 2. The molecule has 0 fully saturated rings. The molecular formula is C22H20FN5OS2. The van der Waals surface area contributed by atoms with E-state index in [1.54, 1.807) is 16.7 Å². The number of rotatable bonds is 6. The first kappa shape index (κ1) is 21.1. The molecule has 9 heteroatoms. The number of nitrogens with one attached hydrogen (secondary N) is 2. The Morgan fingerprint density at radius 2 is 2.00 bits per heavy atom. The summed E-state index contributed by atoms with van der Waals surface area (Å²) in [5.74, 6) is 0.102. The van der Waals surface area contributed by atoms with Gasteiger partial charge in [0, 0.05) is 16.9 Å². The number of benzene rings is 2. The van der Waals surface area contributed by atoms with Crippen LogP contribution in [-0.2, 0) is 17.8 Å². The summed E-state index contributed by atoms with van der Waals surface area (Å²) >= 11 is 6.73. The Balaban J connectivity index is 1.48. The predicted molar refractivity (Wildman–Crippen MR) is 122 cm³/mol. The summed E-state index contributed by atoms with van der Waals surface area (Å²) in [5, 5.41) is 10.4. The molecule has 0 atom stereocenters. The number of H-pyrrole nitrogens is 1. The Morgan fingerprint density at radius 3 is 2.74 bits per heavy atom.